The van der Waals surface area contributed by atoms with E-state index in [1.807, 2.05) is 0 Å². The van der Waals surface area contributed by atoms with Crippen molar-refractivity contribution in [3.8, 4) is 6.07 Å². The highest BCUT2D eigenvalue weighted by molar-refractivity contribution is 5.14. The zero-order valence-corrected chi connectivity index (χ0v) is 12.9. The van der Waals surface area contributed by atoms with Gasteiger partial charge in [-0.05, 0) is 59.3 Å². The first-order chi connectivity index (χ1) is 9.01. The number of hydrogen-bond acceptors (Lipinski definition) is 3. The molecule has 2 rings (SSSR count). The second-order valence-corrected chi connectivity index (χ2v) is 6.83. The van der Waals surface area contributed by atoms with Crippen molar-refractivity contribution in [1.29, 1.82) is 5.26 Å². The predicted octanol–water partition coefficient (Wildman–Crippen LogP) is 3.06. The molecule has 0 spiro atoms. The molecule has 0 aromatic carbocycles. The molecule has 108 valence electrons. The number of likely N-dealkylation sites (tertiary alicyclic amines) is 1. The Balaban J connectivity index is 2.06. The van der Waals surface area contributed by atoms with Crippen molar-refractivity contribution in [2.24, 2.45) is 0 Å². The third kappa shape index (κ3) is 2.95. The highest BCUT2D eigenvalue weighted by Gasteiger charge is 2.45. The van der Waals surface area contributed by atoms with E-state index < -0.39 is 0 Å². The quantitative estimate of drug-likeness (QED) is 0.847. The van der Waals surface area contributed by atoms with Crippen LogP contribution in [0.1, 0.15) is 66.2 Å². The van der Waals surface area contributed by atoms with Gasteiger partial charge in [0.25, 0.3) is 0 Å². The normalized spacial score (nSPS) is 39.9. The molecular formula is C16H29N3. The van der Waals surface area contributed by atoms with Crippen LogP contribution in [-0.4, -0.2) is 34.6 Å². The van der Waals surface area contributed by atoms with Gasteiger partial charge in [-0.25, -0.2) is 0 Å². The van der Waals surface area contributed by atoms with E-state index in [0.29, 0.717) is 18.1 Å². The SMILES string of the molecule is CCC1CCC(C)N1C1CCC(C#N)(NC(C)C)C1. The van der Waals surface area contributed by atoms with Crippen molar-refractivity contribution < 1.29 is 0 Å². The number of hydrogen-bond donors (Lipinski definition) is 1. The Morgan fingerprint density at radius 1 is 1.37 bits per heavy atom. The largest absolute Gasteiger partial charge is 0.297 e. The molecule has 1 N–H and O–H groups in total. The van der Waals surface area contributed by atoms with Crippen LogP contribution in [0.4, 0.5) is 0 Å². The molecule has 1 aliphatic carbocycles. The van der Waals surface area contributed by atoms with Crippen molar-refractivity contribution >= 4 is 0 Å². The van der Waals surface area contributed by atoms with E-state index in [1.54, 1.807) is 0 Å². The van der Waals surface area contributed by atoms with Crippen molar-refractivity contribution in [2.75, 3.05) is 0 Å². The molecule has 4 unspecified atom stereocenters. The Bertz CT molecular complexity index is 346. The summed E-state index contributed by atoms with van der Waals surface area (Å²) in [5.41, 5.74) is -0.278. The molecule has 1 saturated carbocycles. The third-order valence-corrected chi connectivity index (χ3v) is 5.01. The topological polar surface area (TPSA) is 39.1 Å². The van der Waals surface area contributed by atoms with Gasteiger partial charge < -0.3 is 0 Å². The van der Waals surface area contributed by atoms with Gasteiger partial charge in [0.1, 0.15) is 5.54 Å². The summed E-state index contributed by atoms with van der Waals surface area (Å²) in [5, 5.41) is 13.1. The molecule has 4 atom stereocenters. The highest BCUT2D eigenvalue weighted by Crippen LogP contribution is 2.39. The van der Waals surface area contributed by atoms with Crippen LogP contribution >= 0.6 is 0 Å². The molecule has 0 amide bonds. The number of nitrogens with one attached hydrogen (secondary N) is 1. The molecule has 0 aromatic heterocycles. The summed E-state index contributed by atoms with van der Waals surface area (Å²) >= 11 is 0. The van der Waals surface area contributed by atoms with Gasteiger partial charge in [-0.1, -0.05) is 6.92 Å². The average Bonchev–Trinajstić information content (AvgIpc) is 2.93. The predicted molar refractivity (Wildman–Crippen MR) is 78.9 cm³/mol. The molecule has 2 fully saturated rings. The molecule has 0 aromatic rings. The highest BCUT2D eigenvalue weighted by atomic mass is 15.2. The minimum Gasteiger partial charge on any atom is -0.297 e. The van der Waals surface area contributed by atoms with Crippen LogP contribution in [-0.2, 0) is 0 Å². The first-order valence-corrected chi connectivity index (χ1v) is 7.97. The van der Waals surface area contributed by atoms with Gasteiger partial charge in [-0.2, -0.15) is 5.26 Å². The minimum atomic E-state index is -0.278. The molecule has 3 nitrogen and oxygen atoms in total. The first kappa shape index (κ1) is 14.8. The zero-order chi connectivity index (χ0) is 14.0. The molecule has 0 bridgehead atoms. The molecule has 1 heterocycles. The second kappa shape index (κ2) is 5.81. The Labute approximate surface area is 118 Å². The van der Waals surface area contributed by atoms with Gasteiger partial charge in [0, 0.05) is 24.2 Å². The summed E-state index contributed by atoms with van der Waals surface area (Å²) < 4.78 is 0. The molecule has 0 radical (unpaired) electrons. The van der Waals surface area contributed by atoms with E-state index in [1.165, 1.54) is 25.7 Å². The standard InChI is InChI=1S/C16H29N3/c1-5-14-7-6-13(4)19(14)15-8-9-16(10-15,11-17)18-12(2)3/h12-15,18H,5-10H2,1-4H3. The summed E-state index contributed by atoms with van der Waals surface area (Å²) in [6, 6.07) is 5.00. The fourth-order valence-corrected chi connectivity index (χ4v) is 4.26. The van der Waals surface area contributed by atoms with E-state index in [9.17, 15) is 5.26 Å². The first-order valence-electron chi connectivity index (χ1n) is 7.97. The van der Waals surface area contributed by atoms with Crippen LogP contribution < -0.4 is 5.32 Å². The molecular weight excluding hydrogens is 234 g/mol. The maximum absolute atomic E-state index is 9.58. The summed E-state index contributed by atoms with van der Waals surface area (Å²) in [7, 11) is 0. The Kier molecular flexibility index (Phi) is 4.53. The van der Waals surface area contributed by atoms with E-state index in [-0.39, 0.29) is 5.54 Å². The van der Waals surface area contributed by atoms with Crippen LogP contribution in [0.2, 0.25) is 0 Å². The molecule has 3 heteroatoms. The lowest BCUT2D eigenvalue weighted by Crippen LogP contribution is -2.48. The van der Waals surface area contributed by atoms with Crippen LogP contribution in [0.3, 0.4) is 0 Å². The molecule has 1 saturated heterocycles. The van der Waals surface area contributed by atoms with Crippen LogP contribution in [0.15, 0.2) is 0 Å². The molecule has 19 heavy (non-hydrogen) atoms. The van der Waals surface area contributed by atoms with Crippen molar-refractivity contribution in [2.45, 2.75) is 95.9 Å². The second-order valence-electron chi connectivity index (χ2n) is 6.83. The lowest BCUT2D eigenvalue weighted by atomic mass is 9.97. The summed E-state index contributed by atoms with van der Waals surface area (Å²) in [6.45, 7) is 8.94. The van der Waals surface area contributed by atoms with Gasteiger partial charge >= 0.3 is 0 Å². The summed E-state index contributed by atoms with van der Waals surface area (Å²) in [6.07, 6.45) is 7.10. The molecule has 2 aliphatic rings. The van der Waals surface area contributed by atoms with E-state index in [2.05, 4.69) is 44.0 Å². The van der Waals surface area contributed by atoms with Crippen LogP contribution in [0.5, 0.6) is 0 Å². The maximum Gasteiger partial charge on any atom is 0.108 e. The number of nitrogens with zero attached hydrogens (tertiary/aromatic N) is 2. The minimum absolute atomic E-state index is 0.278. The average molecular weight is 263 g/mol. The zero-order valence-electron chi connectivity index (χ0n) is 12.9. The monoisotopic (exact) mass is 263 g/mol. The van der Waals surface area contributed by atoms with Crippen LogP contribution in [0, 0.1) is 11.3 Å². The van der Waals surface area contributed by atoms with E-state index in [4.69, 9.17) is 0 Å². The lowest BCUT2D eigenvalue weighted by molar-refractivity contribution is 0.130. The summed E-state index contributed by atoms with van der Waals surface area (Å²) in [4.78, 5) is 2.72. The number of rotatable bonds is 4. The Morgan fingerprint density at radius 2 is 2.11 bits per heavy atom. The number of nitriles is 1. The maximum atomic E-state index is 9.58. The Morgan fingerprint density at radius 3 is 2.68 bits per heavy atom. The van der Waals surface area contributed by atoms with Gasteiger partial charge in [0.15, 0.2) is 0 Å². The van der Waals surface area contributed by atoms with E-state index >= 15 is 0 Å². The fourth-order valence-electron chi connectivity index (χ4n) is 4.26. The smallest absolute Gasteiger partial charge is 0.108 e. The van der Waals surface area contributed by atoms with Crippen molar-refractivity contribution in [3.63, 3.8) is 0 Å². The van der Waals surface area contributed by atoms with Gasteiger partial charge in [-0.15, -0.1) is 0 Å². The van der Waals surface area contributed by atoms with Crippen LogP contribution in [0.25, 0.3) is 0 Å². The third-order valence-electron chi connectivity index (χ3n) is 5.01. The Hall–Kier alpha value is -0.590. The van der Waals surface area contributed by atoms with E-state index in [0.717, 1.165) is 18.9 Å². The molecule has 1 aliphatic heterocycles. The fraction of sp³-hybridized carbons (Fsp3) is 0.938. The summed E-state index contributed by atoms with van der Waals surface area (Å²) in [5.74, 6) is 0. The van der Waals surface area contributed by atoms with Gasteiger partial charge in [0.2, 0.25) is 0 Å². The van der Waals surface area contributed by atoms with Gasteiger partial charge in [-0.3, -0.25) is 10.2 Å². The van der Waals surface area contributed by atoms with Crippen molar-refractivity contribution in [1.82, 2.24) is 10.2 Å². The van der Waals surface area contributed by atoms with Gasteiger partial charge in [0.05, 0.1) is 6.07 Å². The van der Waals surface area contributed by atoms with Crippen molar-refractivity contribution in [3.05, 3.63) is 0 Å². The lowest BCUT2D eigenvalue weighted by Gasteiger charge is -2.35.